The summed E-state index contributed by atoms with van der Waals surface area (Å²) in [5, 5.41) is 0. The maximum absolute atomic E-state index is 5.64. The van der Waals surface area contributed by atoms with E-state index in [9.17, 15) is 0 Å². The highest BCUT2D eigenvalue weighted by Gasteiger charge is 2.32. The topological polar surface area (TPSA) is 27.7 Å². The summed E-state index contributed by atoms with van der Waals surface area (Å²) in [5.74, 6) is -0.458. The fourth-order valence-electron chi connectivity index (χ4n) is 1.73. The van der Waals surface area contributed by atoms with E-state index in [2.05, 4.69) is 12.1 Å². The molecule has 0 spiro atoms. The molecule has 0 bridgehead atoms. The van der Waals surface area contributed by atoms with Crippen molar-refractivity contribution in [1.29, 1.82) is 0 Å². The van der Waals surface area contributed by atoms with Gasteiger partial charge in [0.05, 0.1) is 19.8 Å². The van der Waals surface area contributed by atoms with Crippen molar-refractivity contribution in [2.75, 3.05) is 13.2 Å². The Morgan fingerprint density at radius 2 is 2.06 bits per heavy atom. The van der Waals surface area contributed by atoms with Crippen LogP contribution >= 0.6 is 0 Å². The van der Waals surface area contributed by atoms with Gasteiger partial charge in [-0.3, -0.25) is 0 Å². The lowest BCUT2D eigenvalue weighted by molar-refractivity contribution is -0.145. The molecule has 88 valence electrons. The van der Waals surface area contributed by atoms with E-state index in [1.807, 2.05) is 32.0 Å². The molecule has 3 nitrogen and oxygen atoms in total. The van der Waals surface area contributed by atoms with E-state index in [0.717, 1.165) is 0 Å². The molecule has 0 saturated carbocycles. The second kappa shape index (κ2) is 4.95. The van der Waals surface area contributed by atoms with Gasteiger partial charge in [-0.15, -0.1) is 0 Å². The highest BCUT2D eigenvalue weighted by Crippen LogP contribution is 2.22. The molecule has 1 saturated heterocycles. The van der Waals surface area contributed by atoms with Gasteiger partial charge in [0.25, 0.3) is 0 Å². The Balaban J connectivity index is 1.70. The molecule has 2 rings (SSSR count). The third kappa shape index (κ3) is 3.30. The first-order valence-electron chi connectivity index (χ1n) is 5.59. The molecule has 0 amide bonds. The lowest BCUT2D eigenvalue weighted by Crippen LogP contribution is -2.23. The number of rotatable bonds is 4. The van der Waals surface area contributed by atoms with Gasteiger partial charge in [0.15, 0.2) is 5.79 Å². The molecule has 0 radical (unpaired) electrons. The van der Waals surface area contributed by atoms with Gasteiger partial charge in [0, 0.05) is 0 Å². The molecule has 1 aliphatic heterocycles. The fourth-order valence-corrected chi connectivity index (χ4v) is 1.73. The third-order valence-electron chi connectivity index (χ3n) is 2.48. The second-order valence-electron chi connectivity index (χ2n) is 4.45. The predicted molar refractivity (Wildman–Crippen MR) is 61.0 cm³/mol. The van der Waals surface area contributed by atoms with Crippen molar-refractivity contribution < 1.29 is 14.2 Å². The van der Waals surface area contributed by atoms with Crippen LogP contribution in [0.25, 0.3) is 0 Å². The minimum absolute atomic E-state index is 0.0544. The highest BCUT2D eigenvalue weighted by molar-refractivity contribution is 5.13. The van der Waals surface area contributed by atoms with E-state index < -0.39 is 5.79 Å². The van der Waals surface area contributed by atoms with E-state index in [1.54, 1.807) is 0 Å². The van der Waals surface area contributed by atoms with Gasteiger partial charge in [-0.05, 0) is 19.4 Å². The lowest BCUT2D eigenvalue weighted by atomic mass is 10.2. The largest absolute Gasteiger partial charge is 0.374 e. The number of benzene rings is 1. The summed E-state index contributed by atoms with van der Waals surface area (Å²) in [7, 11) is 0. The van der Waals surface area contributed by atoms with E-state index in [-0.39, 0.29) is 6.10 Å². The van der Waals surface area contributed by atoms with Crippen molar-refractivity contribution >= 4 is 0 Å². The number of hydrogen-bond donors (Lipinski definition) is 0. The van der Waals surface area contributed by atoms with Crippen LogP contribution in [0.3, 0.4) is 0 Å². The fraction of sp³-hybridized carbons (Fsp3) is 0.538. The van der Waals surface area contributed by atoms with Gasteiger partial charge in [-0.2, -0.15) is 0 Å². The van der Waals surface area contributed by atoms with Gasteiger partial charge in [0.1, 0.15) is 6.10 Å². The molecule has 16 heavy (non-hydrogen) atoms. The summed E-state index contributed by atoms with van der Waals surface area (Å²) >= 11 is 0. The Morgan fingerprint density at radius 3 is 2.69 bits per heavy atom. The second-order valence-corrected chi connectivity index (χ2v) is 4.45. The Morgan fingerprint density at radius 1 is 1.31 bits per heavy atom. The van der Waals surface area contributed by atoms with Gasteiger partial charge in [-0.25, -0.2) is 0 Å². The molecule has 1 fully saturated rings. The summed E-state index contributed by atoms with van der Waals surface area (Å²) in [6, 6.07) is 10.1. The van der Waals surface area contributed by atoms with Crippen LogP contribution < -0.4 is 0 Å². The normalized spacial score (nSPS) is 23.5. The van der Waals surface area contributed by atoms with Crippen LogP contribution in [0.4, 0.5) is 0 Å². The molecule has 0 unspecified atom stereocenters. The molecular formula is C13H18O3. The summed E-state index contributed by atoms with van der Waals surface area (Å²) in [4.78, 5) is 0. The SMILES string of the molecule is CC1(C)OC[C@@H](COCc2ccccc2)O1. The number of ether oxygens (including phenoxy) is 3. The van der Waals surface area contributed by atoms with Crippen molar-refractivity contribution in [3.8, 4) is 0 Å². The van der Waals surface area contributed by atoms with Crippen molar-refractivity contribution in [3.05, 3.63) is 35.9 Å². The van der Waals surface area contributed by atoms with Crippen LogP contribution in [0.2, 0.25) is 0 Å². The zero-order valence-corrected chi connectivity index (χ0v) is 9.81. The maximum atomic E-state index is 5.64. The summed E-state index contributed by atoms with van der Waals surface area (Å²) in [6.45, 7) is 5.66. The van der Waals surface area contributed by atoms with E-state index in [4.69, 9.17) is 14.2 Å². The van der Waals surface area contributed by atoms with Crippen molar-refractivity contribution in [1.82, 2.24) is 0 Å². The molecule has 1 aromatic carbocycles. The van der Waals surface area contributed by atoms with Crippen LogP contribution in [-0.4, -0.2) is 25.1 Å². The summed E-state index contributed by atoms with van der Waals surface area (Å²) in [6.07, 6.45) is 0.0544. The highest BCUT2D eigenvalue weighted by atomic mass is 16.7. The van der Waals surface area contributed by atoms with Crippen molar-refractivity contribution in [2.24, 2.45) is 0 Å². The standard InChI is InChI=1S/C13H18O3/c1-13(2)15-10-12(16-13)9-14-8-11-6-4-3-5-7-11/h3-7,12H,8-10H2,1-2H3/t12-/m1/s1. The molecule has 1 aliphatic rings. The van der Waals surface area contributed by atoms with Crippen LogP contribution in [0.15, 0.2) is 30.3 Å². The van der Waals surface area contributed by atoms with Crippen LogP contribution in [-0.2, 0) is 20.8 Å². The first-order chi connectivity index (χ1) is 7.66. The average Bonchev–Trinajstić information content (AvgIpc) is 2.60. The van der Waals surface area contributed by atoms with Gasteiger partial charge in [0.2, 0.25) is 0 Å². The smallest absolute Gasteiger partial charge is 0.163 e. The van der Waals surface area contributed by atoms with Crippen LogP contribution in [0.1, 0.15) is 19.4 Å². The molecular weight excluding hydrogens is 204 g/mol. The maximum Gasteiger partial charge on any atom is 0.163 e. The molecule has 1 aromatic rings. The van der Waals surface area contributed by atoms with E-state index in [1.165, 1.54) is 5.56 Å². The molecule has 3 heteroatoms. The third-order valence-corrected chi connectivity index (χ3v) is 2.48. The van der Waals surface area contributed by atoms with Crippen LogP contribution in [0, 0.1) is 0 Å². The first-order valence-corrected chi connectivity index (χ1v) is 5.59. The Hall–Kier alpha value is -0.900. The predicted octanol–water partition coefficient (Wildman–Crippen LogP) is 2.35. The zero-order valence-electron chi connectivity index (χ0n) is 9.81. The molecule has 0 N–H and O–H groups in total. The molecule has 0 aliphatic carbocycles. The van der Waals surface area contributed by atoms with E-state index in [0.29, 0.717) is 19.8 Å². The quantitative estimate of drug-likeness (QED) is 0.782. The van der Waals surface area contributed by atoms with E-state index >= 15 is 0 Å². The Bertz CT molecular complexity index is 321. The first kappa shape index (κ1) is 11.6. The average molecular weight is 222 g/mol. The van der Waals surface area contributed by atoms with Gasteiger partial charge >= 0.3 is 0 Å². The van der Waals surface area contributed by atoms with Gasteiger partial charge in [-0.1, -0.05) is 30.3 Å². The van der Waals surface area contributed by atoms with Crippen molar-refractivity contribution in [3.63, 3.8) is 0 Å². The minimum atomic E-state index is -0.458. The number of hydrogen-bond acceptors (Lipinski definition) is 3. The zero-order chi connectivity index (χ0) is 11.4. The van der Waals surface area contributed by atoms with Crippen LogP contribution in [0.5, 0.6) is 0 Å². The summed E-state index contributed by atoms with van der Waals surface area (Å²) in [5.41, 5.74) is 1.18. The van der Waals surface area contributed by atoms with Gasteiger partial charge < -0.3 is 14.2 Å². The summed E-state index contributed by atoms with van der Waals surface area (Å²) < 4.78 is 16.7. The van der Waals surface area contributed by atoms with Crippen molar-refractivity contribution in [2.45, 2.75) is 32.3 Å². The molecule has 1 heterocycles. The lowest BCUT2D eigenvalue weighted by Gasteiger charge is -2.17. The minimum Gasteiger partial charge on any atom is -0.374 e. The molecule has 0 aromatic heterocycles. The Kier molecular flexibility index (Phi) is 3.59. The Labute approximate surface area is 96.3 Å². The monoisotopic (exact) mass is 222 g/mol. The molecule has 1 atom stereocenters.